The van der Waals surface area contributed by atoms with Crippen molar-refractivity contribution in [1.82, 2.24) is 0 Å². The molecule has 2 fully saturated rings. The summed E-state index contributed by atoms with van der Waals surface area (Å²) < 4.78 is 15.4. The molecule has 0 radical (unpaired) electrons. The Morgan fingerprint density at radius 2 is 1.73 bits per heavy atom. The smallest absolute Gasteiger partial charge is 0.221 e. The van der Waals surface area contributed by atoms with Crippen LogP contribution in [-0.4, -0.2) is 104 Å². The normalized spacial score (nSPS) is 52.9. The van der Waals surface area contributed by atoms with Crippen LogP contribution in [0.25, 0.3) is 0 Å². The molecule has 2 aliphatic heterocycles. The predicted molar refractivity (Wildman–Crippen MR) is 67.3 cm³/mol. The van der Waals surface area contributed by atoms with Crippen LogP contribution >= 0.6 is 0 Å². The third kappa shape index (κ3) is 2.99. The Morgan fingerprint density at radius 3 is 2.23 bits per heavy atom. The molecule has 0 aromatic rings. The van der Waals surface area contributed by atoms with Gasteiger partial charge in [-0.3, -0.25) is 0 Å². The number of aliphatic hydroxyl groups is 7. The second-order valence-corrected chi connectivity index (χ2v) is 5.74. The molecule has 0 spiro atoms. The van der Waals surface area contributed by atoms with Gasteiger partial charge in [0.1, 0.15) is 43.2 Å². The molecule has 10 heteroatoms. The molecule has 2 heterocycles. The van der Waals surface area contributed by atoms with Crippen LogP contribution in [0.15, 0.2) is 0 Å². The van der Waals surface area contributed by atoms with E-state index in [1.54, 1.807) is 0 Å². The topological polar surface area (TPSA) is 169 Å². The van der Waals surface area contributed by atoms with Crippen molar-refractivity contribution in [3.63, 3.8) is 0 Å². The summed E-state index contributed by atoms with van der Waals surface area (Å²) in [7, 11) is 0. The van der Waals surface area contributed by atoms with Gasteiger partial charge >= 0.3 is 0 Å². The fraction of sp³-hybridized carbons (Fsp3) is 1.00. The summed E-state index contributed by atoms with van der Waals surface area (Å²) in [5.41, 5.74) is 0. The van der Waals surface area contributed by atoms with Crippen molar-refractivity contribution in [2.24, 2.45) is 0 Å². The van der Waals surface area contributed by atoms with Crippen LogP contribution in [0.5, 0.6) is 0 Å². The molecule has 0 aliphatic carbocycles. The Kier molecular flexibility index (Phi) is 5.09. The van der Waals surface area contributed by atoms with Gasteiger partial charge in [0, 0.05) is 0 Å². The third-order valence-electron chi connectivity index (χ3n) is 4.02. The molecule has 1 unspecified atom stereocenters. The van der Waals surface area contributed by atoms with E-state index in [1.807, 2.05) is 0 Å². The minimum absolute atomic E-state index is 0.382. The average Bonchev–Trinajstić information content (AvgIpc) is 2.68. The molecule has 0 bridgehead atoms. The van der Waals surface area contributed by atoms with Crippen LogP contribution in [0.1, 0.15) is 6.92 Å². The molecular formula is C12H22O10. The lowest BCUT2D eigenvalue weighted by Crippen LogP contribution is -2.64. The Balaban J connectivity index is 2.03. The molecule has 0 amide bonds. The van der Waals surface area contributed by atoms with Gasteiger partial charge in [-0.1, -0.05) is 0 Å². The molecule has 2 aliphatic rings. The lowest BCUT2D eigenvalue weighted by Gasteiger charge is -2.44. The maximum absolute atomic E-state index is 9.93. The lowest BCUT2D eigenvalue weighted by atomic mass is 9.97. The minimum Gasteiger partial charge on any atom is -0.391 e. The van der Waals surface area contributed by atoms with E-state index in [2.05, 4.69) is 0 Å². The number of hydrogen-bond acceptors (Lipinski definition) is 10. The third-order valence-corrected chi connectivity index (χ3v) is 4.02. The van der Waals surface area contributed by atoms with Gasteiger partial charge in [0.05, 0.1) is 13.2 Å². The second kappa shape index (κ2) is 6.24. The summed E-state index contributed by atoms with van der Waals surface area (Å²) in [5.74, 6) is -3.98. The number of ether oxygens (including phenoxy) is 3. The van der Waals surface area contributed by atoms with E-state index in [4.69, 9.17) is 14.2 Å². The highest BCUT2D eigenvalue weighted by Crippen LogP contribution is 2.32. The molecule has 0 aromatic heterocycles. The molecule has 7 N–H and O–H groups in total. The van der Waals surface area contributed by atoms with Crippen molar-refractivity contribution < 1.29 is 50.0 Å². The van der Waals surface area contributed by atoms with Gasteiger partial charge in [-0.25, -0.2) is 0 Å². The van der Waals surface area contributed by atoms with E-state index >= 15 is 0 Å². The zero-order chi connectivity index (χ0) is 16.7. The van der Waals surface area contributed by atoms with Gasteiger partial charge in [0.25, 0.3) is 0 Å². The fourth-order valence-electron chi connectivity index (χ4n) is 2.51. The summed E-state index contributed by atoms with van der Waals surface area (Å²) in [5, 5.41) is 67.5. The summed E-state index contributed by atoms with van der Waals surface area (Å²) in [6.45, 7) is -0.503. The zero-order valence-electron chi connectivity index (χ0n) is 11.9. The molecular weight excluding hydrogens is 304 g/mol. The first kappa shape index (κ1) is 17.9. The average molecular weight is 326 g/mol. The molecule has 2 rings (SSSR count). The van der Waals surface area contributed by atoms with E-state index < -0.39 is 61.4 Å². The Morgan fingerprint density at radius 1 is 1.09 bits per heavy atom. The van der Waals surface area contributed by atoms with Crippen LogP contribution in [0.4, 0.5) is 0 Å². The van der Waals surface area contributed by atoms with Crippen LogP contribution in [0.3, 0.4) is 0 Å². The van der Waals surface area contributed by atoms with Gasteiger partial charge in [-0.15, -0.1) is 0 Å². The van der Waals surface area contributed by atoms with Crippen molar-refractivity contribution in [3.8, 4) is 0 Å². The van der Waals surface area contributed by atoms with Crippen LogP contribution in [-0.2, 0) is 14.2 Å². The van der Waals surface area contributed by atoms with Crippen molar-refractivity contribution in [2.45, 2.75) is 55.1 Å². The minimum atomic E-state index is -2.01. The molecule has 0 saturated carbocycles. The van der Waals surface area contributed by atoms with Crippen LogP contribution in [0.2, 0.25) is 0 Å². The Bertz CT molecular complexity index is 390. The SMILES string of the molecule is CC1(O)O[C@H](CO[C@]2(CO)OC[C@@H](O)[C@@H](O)[C@H]2O)[C@@H](O)[C@H]1O. The maximum Gasteiger partial charge on any atom is 0.221 e. The predicted octanol–water partition coefficient (Wildman–Crippen LogP) is -4.37. The van der Waals surface area contributed by atoms with Crippen LogP contribution in [0, 0.1) is 0 Å². The standard InChI is InChI=1S/C12H22O10/c1-11(19)9(17)8(16)6(22-11)3-21-12(4-13)10(18)7(15)5(14)2-20-12/h5-10,13-19H,2-4H2,1H3/t5-,6-,7-,8-,9-,10-,11?,12+/m1/s1. The van der Waals surface area contributed by atoms with Crippen molar-refractivity contribution in [1.29, 1.82) is 0 Å². The molecule has 8 atom stereocenters. The van der Waals surface area contributed by atoms with Crippen LogP contribution < -0.4 is 0 Å². The Hall–Kier alpha value is -0.400. The molecule has 22 heavy (non-hydrogen) atoms. The van der Waals surface area contributed by atoms with Crippen molar-refractivity contribution in [3.05, 3.63) is 0 Å². The molecule has 10 nitrogen and oxygen atoms in total. The van der Waals surface area contributed by atoms with Gasteiger partial charge < -0.3 is 50.0 Å². The first-order chi connectivity index (χ1) is 10.1. The monoisotopic (exact) mass is 326 g/mol. The highest BCUT2D eigenvalue weighted by atomic mass is 16.7. The van der Waals surface area contributed by atoms with Gasteiger partial charge in [0.2, 0.25) is 5.79 Å². The zero-order valence-corrected chi connectivity index (χ0v) is 11.9. The van der Waals surface area contributed by atoms with E-state index in [1.165, 1.54) is 0 Å². The molecule has 130 valence electrons. The number of rotatable bonds is 4. The maximum atomic E-state index is 9.93. The van der Waals surface area contributed by atoms with Crippen molar-refractivity contribution in [2.75, 3.05) is 19.8 Å². The van der Waals surface area contributed by atoms with E-state index in [-0.39, 0.29) is 6.61 Å². The summed E-state index contributed by atoms with van der Waals surface area (Å²) >= 11 is 0. The summed E-state index contributed by atoms with van der Waals surface area (Å²) in [6.07, 6.45) is -8.84. The largest absolute Gasteiger partial charge is 0.391 e. The van der Waals surface area contributed by atoms with E-state index in [0.29, 0.717) is 0 Å². The molecule has 2 saturated heterocycles. The highest BCUT2D eigenvalue weighted by molar-refractivity contribution is 4.96. The Labute approximate surface area is 126 Å². The summed E-state index contributed by atoms with van der Waals surface area (Å²) in [4.78, 5) is 0. The quantitative estimate of drug-likeness (QED) is 0.268. The van der Waals surface area contributed by atoms with Gasteiger partial charge in [0.15, 0.2) is 5.79 Å². The van der Waals surface area contributed by atoms with Crippen molar-refractivity contribution >= 4 is 0 Å². The molecule has 0 aromatic carbocycles. The first-order valence-corrected chi connectivity index (χ1v) is 6.84. The van der Waals surface area contributed by atoms with E-state index in [9.17, 15) is 35.7 Å². The van der Waals surface area contributed by atoms with E-state index in [0.717, 1.165) is 6.92 Å². The highest BCUT2D eigenvalue weighted by Gasteiger charge is 2.54. The number of hydrogen-bond donors (Lipinski definition) is 7. The number of aliphatic hydroxyl groups excluding tert-OH is 6. The van der Waals surface area contributed by atoms with Gasteiger partial charge in [-0.2, -0.15) is 0 Å². The fourth-order valence-corrected chi connectivity index (χ4v) is 2.51. The second-order valence-electron chi connectivity index (χ2n) is 5.74. The first-order valence-electron chi connectivity index (χ1n) is 6.84. The summed E-state index contributed by atoms with van der Waals surface area (Å²) in [6, 6.07) is 0. The van der Waals surface area contributed by atoms with Gasteiger partial charge in [-0.05, 0) is 6.92 Å². The lowest BCUT2D eigenvalue weighted by molar-refractivity contribution is -0.355.